The molecule has 3 amide bonds. The quantitative estimate of drug-likeness (QED) is 0.444. The van der Waals surface area contributed by atoms with E-state index in [4.69, 9.17) is 16.3 Å². The molecule has 3 rings (SSSR count). The van der Waals surface area contributed by atoms with E-state index in [1.165, 1.54) is 48.5 Å². The van der Waals surface area contributed by atoms with Crippen molar-refractivity contribution in [1.29, 1.82) is 0 Å². The minimum absolute atomic E-state index is 0.0328. The van der Waals surface area contributed by atoms with Gasteiger partial charge in [-0.25, -0.2) is 19.0 Å². The summed E-state index contributed by atoms with van der Waals surface area (Å²) in [5.74, 6) is -1.30. The number of nitrogens with zero attached hydrogens (tertiary/aromatic N) is 2. The van der Waals surface area contributed by atoms with E-state index < -0.39 is 35.5 Å². The second kappa shape index (κ2) is 10.6. The maximum atomic E-state index is 13.6. The smallest absolute Gasteiger partial charge is 0.420 e. The lowest BCUT2D eigenvalue weighted by molar-refractivity contribution is -0.135. The number of alkyl halides is 3. The van der Waals surface area contributed by atoms with E-state index in [2.05, 4.69) is 10.3 Å². The van der Waals surface area contributed by atoms with Crippen molar-refractivity contribution in [2.75, 3.05) is 25.5 Å². The van der Waals surface area contributed by atoms with Gasteiger partial charge in [0.1, 0.15) is 23.8 Å². The molecule has 3 aromatic rings. The van der Waals surface area contributed by atoms with Crippen LogP contribution in [0.15, 0.2) is 48.7 Å². The predicted octanol–water partition coefficient (Wildman–Crippen LogP) is 5.44. The minimum Gasteiger partial charge on any atom is -0.447 e. The number of pyridine rings is 1. The largest absolute Gasteiger partial charge is 0.447 e. The summed E-state index contributed by atoms with van der Waals surface area (Å²) in [7, 11) is 1.41. The fourth-order valence-corrected chi connectivity index (χ4v) is 3.24. The number of anilines is 1. The zero-order valence-electron chi connectivity index (χ0n) is 17.7. The molecular weight excluding hydrogens is 480 g/mol. The second-order valence-corrected chi connectivity index (χ2v) is 7.50. The van der Waals surface area contributed by atoms with Crippen LogP contribution in [0.3, 0.4) is 0 Å². The summed E-state index contributed by atoms with van der Waals surface area (Å²) < 4.78 is 59.2. The Balaban J connectivity index is 1.54. The summed E-state index contributed by atoms with van der Waals surface area (Å²) in [5.41, 5.74) is -0.711. The summed E-state index contributed by atoms with van der Waals surface area (Å²) in [6, 6.07) is 9.41. The summed E-state index contributed by atoms with van der Waals surface area (Å²) in [6.07, 6.45) is -4.71. The van der Waals surface area contributed by atoms with Crippen molar-refractivity contribution in [3.8, 4) is 0 Å². The fraction of sp³-hybridized carbons (Fsp3) is 0.227. The number of amides is 3. The van der Waals surface area contributed by atoms with Gasteiger partial charge in [0.05, 0.1) is 11.6 Å². The zero-order valence-corrected chi connectivity index (χ0v) is 18.5. The van der Waals surface area contributed by atoms with E-state index in [1.807, 2.05) is 5.32 Å². The Kier molecular flexibility index (Phi) is 7.77. The van der Waals surface area contributed by atoms with Crippen molar-refractivity contribution in [1.82, 2.24) is 15.2 Å². The highest BCUT2D eigenvalue weighted by atomic mass is 35.5. The maximum Gasteiger partial charge on any atom is 0.420 e. The molecular formula is C22H19ClF4N4O3. The Morgan fingerprint density at radius 3 is 2.62 bits per heavy atom. The van der Waals surface area contributed by atoms with E-state index in [9.17, 15) is 27.2 Å². The van der Waals surface area contributed by atoms with Crippen molar-refractivity contribution in [3.05, 3.63) is 70.6 Å². The number of carbonyl (C=O) groups is 2. The predicted molar refractivity (Wildman–Crippen MR) is 118 cm³/mol. The van der Waals surface area contributed by atoms with Crippen molar-refractivity contribution in [2.45, 2.75) is 12.7 Å². The number of ether oxygens (including phenoxy) is 1. The second-order valence-electron chi connectivity index (χ2n) is 7.12. The molecule has 0 aliphatic rings. The molecule has 0 atom stereocenters. The lowest BCUT2D eigenvalue weighted by Crippen LogP contribution is -2.39. The number of hydrogen-bond acceptors (Lipinski definition) is 4. The molecule has 180 valence electrons. The molecule has 0 aliphatic heterocycles. The molecule has 0 bridgehead atoms. The van der Waals surface area contributed by atoms with E-state index in [0.717, 1.165) is 0 Å². The van der Waals surface area contributed by atoms with Gasteiger partial charge in [0.25, 0.3) is 0 Å². The van der Waals surface area contributed by atoms with Gasteiger partial charge in [-0.3, -0.25) is 5.32 Å². The van der Waals surface area contributed by atoms with Gasteiger partial charge >= 0.3 is 18.3 Å². The number of likely N-dealkylation sites (N-methyl/N-ethyl adjacent to an activating group) is 1. The molecule has 7 nitrogen and oxygen atoms in total. The van der Waals surface area contributed by atoms with E-state index in [-0.39, 0.29) is 35.5 Å². The average molecular weight is 499 g/mol. The van der Waals surface area contributed by atoms with Crippen LogP contribution in [-0.2, 0) is 17.5 Å². The molecule has 0 saturated carbocycles. The van der Waals surface area contributed by atoms with Gasteiger partial charge in [0.2, 0.25) is 0 Å². The molecule has 34 heavy (non-hydrogen) atoms. The first kappa shape index (κ1) is 25.0. The maximum absolute atomic E-state index is 13.6. The first-order valence-corrected chi connectivity index (χ1v) is 10.3. The monoisotopic (exact) mass is 498 g/mol. The van der Waals surface area contributed by atoms with Gasteiger partial charge in [0.15, 0.2) is 0 Å². The van der Waals surface area contributed by atoms with Crippen molar-refractivity contribution in [2.24, 2.45) is 0 Å². The van der Waals surface area contributed by atoms with Gasteiger partial charge in [0, 0.05) is 25.2 Å². The first-order valence-electron chi connectivity index (χ1n) is 9.88. The molecule has 0 unspecified atom stereocenters. The van der Waals surface area contributed by atoms with Crippen molar-refractivity contribution < 1.29 is 31.9 Å². The molecule has 2 aromatic carbocycles. The lowest BCUT2D eigenvalue weighted by atomic mass is 10.1. The van der Waals surface area contributed by atoms with Crippen LogP contribution >= 0.6 is 11.6 Å². The van der Waals surface area contributed by atoms with Gasteiger partial charge in [-0.15, -0.1) is 0 Å². The number of benzene rings is 2. The Morgan fingerprint density at radius 1 is 1.15 bits per heavy atom. The molecule has 12 heteroatoms. The Morgan fingerprint density at radius 2 is 1.88 bits per heavy atom. The SMILES string of the molecule is CN(CCOC(=O)Nc1ncc2ccccc2c1C(F)(F)F)C(=O)NCc1cccc(F)c1Cl. The topological polar surface area (TPSA) is 83.6 Å². The van der Waals surface area contributed by atoms with Gasteiger partial charge in [-0.1, -0.05) is 48.0 Å². The Labute approximate surface area is 196 Å². The van der Waals surface area contributed by atoms with Crippen LogP contribution in [0.1, 0.15) is 11.1 Å². The molecule has 0 aliphatic carbocycles. The molecule has 0 fully saturated rings. The van der Waals surface area contributed by atoms with Gasteiger partial charge < -0.3 is 15.0 Å². The number of hydrogen-bond donors (Lipinski definition) is 2. The highest BCUT2D eigenvalue weighted by Gasteiger charge is 2.37. The van der Waals surface area contributed by atoms with Crippen LogP contribution in [0, 0.1) is 5.82 Å². The summed E-state index contributed by atoms with van der Waals surface area (Å²) >= 11 is 5.83. The molecule has 2 N–H and O–H groups in total. The number of halogens is 5. The lowest BCUT2D eigenvalue weighted by Gasteiger charge is -2.19. The summed E-state index contributed by atoms with van der Waals surface area (Å²) in [4.78, 5) is 29.1. The van der Waals surface area contributed by atoms with Crippen molar-refractivity contribution >= 4 is 40.3 Å². The number of aromatic nitrogens is 1. The average Bonchev–Trinajstić information content (AvgIpc) is 2.78. The normalized spacial score (nSPS) is 11.2. The number of urea groups is 1. The summed E-state index contributed by atoms with van der Waals surface area (Å²) in [6.45, 7) is -0.395. The highest BCUT2D eigenvalue weighted by Crippen LogP contribution is 2.38. The van der Waals surface area contributed by atoms with E-state index in [0.29, 0.717) is 5.56 Å². The number of nitrogens with one attached hydrogen (secondary N) is 2. The summed E-state index contributed by atoms with van der Waals surface area (Å²) in [5, 5.41) is 4.58. The van der Waals surface area contributed by atoms with E-state index >= 15 is 0 Å². The third kappa shape index (κ3) is 6.04. The zero-order chi connectivity index (χ0) is 24.9. The van der Waals surface area contributed by atoms with Gasteiger partial charge in [-0.2, -0.15) is 13.2 Å². The van der Waals surface area contributed by atoms with Crippen LogP contribution in [0.2, 0.25) is 5.02 Å². The Bertz CT molecular complexity index is 1210. The highest BCUT2D eigenvalue weighted by molar-refractivity contribution is 6.31. The molecule has 0 saturated heterocycles. The molecule has 0 spiro atoms. The van der Waals surface area contributed by atoms with Crippen LogP contribution in [-0.4, -0.2) is 42.2 Å². The number of fused-ring (bicyclic) bond motifs is 1. The molecule has 1 heterocycles. The van der Waals surface area contributed by atoms with E-state index in [1.54, 1.807) is 12.1 Å². The number of carbonyl (C=O) groups excluding carboxylic acids is 2. The third-order valence-corrected chi connectivity index (χ3v) is 5.20. The number of rotatable bonds is 6. The molecule has 1 aromatic heterocycles. The minimum atomic E-state index is -4.76. The fourth-order valence-electron chi connectivity index (χ4n) is 3.05. The van der Waals surface area contributed by atoms with Crippen LogP contribution in [0.4, 0.5) is 33.0 Å². The van der Waals surface area contributed by atoms with Crippen LogP contribution < -0.4 is 10.6 Å². The standard InChI is InChI=1S/C22H19ClF4N4O3/c1-31(20(32)29-12-14-6-4-8-16(24)18(14)23)9-10-34-21(33)30-19-17(22(25,26)27)15-7-3-2-5-13(15)11-28-19/h2-8,11H,9-10,12H2,1H3,(H,29,32)(H,28,30,33). The molecule has 0 radical (unpaired) electrons. The van der Waals surface area contributed by atoms with Gasteiger partial charge in [-0.05, 0) is 17.0 Å². The van der Waals surface area contributed by atoms with Crippen LogP contribution in [0.25, 0.3) is 10.8 Å². The first-order chi connectivity index (χ1) is 16.1. The Hall–Kier alpha value is -3.60. The third-order valence-electron chi connectivity index (χ3n) is 4.77. The van der Waals surface area contributed by atoms with Crippen LogP contribution in [0.5, 0.6) is 0 Å². The van der Waals surface area contributed by atoms with Crippen molar-refractivity contribution in [3.63, 3.8) is 0 Å².